The summed E-state index contributed by atoms with van der Waals surface area (Å²) in [6, 6.07) is 15.4. The standard InChI is InChI=1S/C20H16N2O6S2/c23-16-9-8-12-4-1-2-7-15(12)18(16)19-22(17(24)11-29-19)21-30(27,28)14-6-3-5-13(10-14)20(25)26/h1-10,19,21,23H,11H2,(H,25,26)/t19-/m0/s1. The molecule has 1 saturated heterocycles. The zero-order valence-corrected chi connectivity index (χ0v) is 17.0. The van der Waals surface area contributed by atoms with Crippen molar-refractivity contribution < 1.29 is 28.2 Å². The number of rotatable bonds is 5. The molecular formula is C20H16N2O6S2. The first-order valence-electron chi connectivity index (χ1n) is 8.78. The van der Waals surface area contributed by atoms with Crippen LogP contribution >= 0.6 is 11.8 Å². The lowest BCUT2D eigenvalue weighted by atomic mass is 10.0. The fourth-order valence-corrected chi connectivity index (χ4v) is 5.61. The van der Waals surface area contributed by atoms with Gasteiger partial charge >= 0.3 is 5.97 Å². The monoisotopic (exact) mass is 444 g/mol. The summed E-state index contributed by atoms with van der Waals surface area (Å²) in [6.45, 7) is 0. The number of fused-ring (bicyclic) bond motifs is 1. The van der Waals surface area contributed by atoms with Gasteiger partial charge in [0, 0.05) is 5.56 Å². The highest BCUT2D eigenvalue weighted by Gasteiger charge is 2.38. The Morgan fingerprint density at radius 2 is 1.87 bits per heavy atom. The molecule has 3 aromatic carbocycles. The van der Waals surface area contributed by atoms with Gasteiger partial charge in [-0.15, -0.1) is 16.6 Å². The minimum absolute atomic E-state index is 0.0189. The van der Waals surface area contributed by atoms with Crippen LogP contribution in [0.15, 0.2) is 65.6 Å². The van der Waals surface area contributed by atoms with E-state index < -0.39 is 27.3 Å². The molecule has 30 heavy (non-hydrogen) atoms. The van der Waals surface area contributed by atoms with Gasteiger partial charge in [0.2, 0.25) is 5.91 Å². The number of hydrogen-bond acceptors (Lipinski definition) is 6. The number of carboxylic acids is 1. The summed E-state index contributed by atoms with van der Waals surface area (Å²) in [5.74, 6) is -1.78. The highest BCUT2D eigenvalue weighted by molar-refractivity contribution is 8.00. The van der Waals surface area contributed by atoms with Crippen molar-refractivity contribution in [2.24, 2.45) is 0 Å². The highest BCUT2D eigenvalue weighted by Crippen LogP contribution is 2.44. The van der Waals surface area contributed by atoms with Crippen LogP contribution in [0, 0.1) is 0 Å². The van der Waals surface area contributed by atoms with Gasteiger partial charge < -0.3 is 10.2 Å². The molecule has 1 heterocycles. The van der Waals surface area contributed by atoms with Crippen molar-refractivity contribution in [2.75, 3.05) is 5.75 Å². The van der Waals surface area contributed by atoms with Crippen molar-refractivity contribution in [2.45, 2.75) is 10.3 Å². The molecule has 3 aromatic rings. The van der Waals surface area contributed by atoms with Gasteiger partial charge in [-0.05, 0) is 35.0 Å². The lowest BCUT2D eigenvalue weighted by molar-refractivity contribution is -0.129. The molecule has 1 aliphatic rings. The van der Waals surface area contributed by atoms with Crippen molar-refractivity contribution in [1.29, 1.82) is 0 Å². The van der Waals surface area contributed by atoms with E-state index in [1.165, 1.54) is 36.0 Å². The van der Waals surface area contributed by atoms with E-state index in [0.717, 1.165) is 16.5 Å². The molecule has 1 aliphatic heterocycles. The maximum atomic E-state index is 12.9. The minimum atomic E-state index is -4.24. The molecule has 1 amide bonds. The summed E-state index contributed by atoms with van der Waals surface area (Å²) in [5.41, 5.74) is 0.231. The third-order valence-corrected chi connectivity index (χ3v) is 7.16. The number of phenols is 1. The van der Waals surface area contributed by atoms with Crippen LogP contribution in [0.1, 0.15) is 21.3 Å². The molecule has 1 fully saturated rings. The van der Waals surface area contributed by atoms with Gasteiger partial charge in [-0.3, -0.25) is 4.79 Å². The van der Waals surface area contributed by atoms with Gasteiger partial charge in [0.05, 0.1) is 16.2 Å². The van der Waals surface area contributed by atoms with E-state index in [0.29, 0.717) is 10.9 Å². The molecule has 1 atom stereocenters. The van der Waals surface area contributed by atoms with Crippen molar-refractivity contribution in [1.82, 2.24) is 9.84 Å². The number of aromatic hydroxyl groups is 1. The van der Waals surface area contributed by atoms with Crippen LogP contribution in [0.25, 0.3) is 10.8 Å². The topological polar surface area (TPSA) is 124 Å². The van der Waals surface area contributed by atoms with Gasteiger partial charge in [0.15, 0.2) is 0 Å². The van der Waals surface area contributed by atoms with Crippen LogP contribution < -0.4 is 4.83 Å². The maximum absolute atomic E-state index is 12.9. The molecule has 0 aromatic heterocycles. The Labute approximate surface area is 176 Å². The molecule has 0 unspecified atom stereocenters. The van der Waals surface area contributed by atoms with Crippen molar-refractivity contribution in [3.8, 4) is 5.75 Å². The number of aromatic carboxylic acids is 1. The lowest BCUT2D eigenvalue weighted by Crippen LogP contribution is -2.44. The fraction of sp³-hybridized carbons (Fsp3) is 0.100. The zero-order chi connectivity index (χ0) is 21.5. The molecule has 8 nitrogen and oxygen atoms in total. The molecular weight excluding hydrogens is 428 g/mol. The fourth-order valence-electron chi connectivity index (χ4n) is 3.26. The highest BCUT2D eigenvalue weighted by atomic mass is 32.2. The van der Waals surface area contributed by atoms with Crippen LogP contribution in [0.3, 0.4) is 0 Å². The molecule has 4 rings (SSSR count). The van der Waals surface area contributed by atoms with Crippen LogP contribution in [-0.4, -0.2) is 41.3 Å². The number of nitrogens with zero attached hydrogens (tertiary/aromatic N) is 1. The first-order valence-corrected chi connectivity index (χ1v) is 11.3. The quantitative estimate of drug-likeness (QED) is 0.553. The van der Waals surface area contributed by atoms with E-state index in [1.54, 1.807) is 18.2 Å². The van der Waals surface area contributed by atoms with Crippen molar-refractivity contribution in [3.05, 3.63) is 71.8 Å². The van der Waals surface area contributed by atoms with Gasteiger partial charge in [0.1, 0.15) is 11.1 Å². The molecule has 0 bridgehead atoms. The number of sulfonamides is 1. The van der Waals surface area contributed by atoms with Crippen LogP contribution in [0.4, 0.5) is 0 Å². The number of thioether (sulfide) groups is 1. The number of phenolic OH excluding ortho intramolecular Hbond substituents is 1. The Kier molecular flexibility index (Phi) is 5.14. The number of hydrazine groups is 1. The van der Waals surface area contributed by atoms with Gasteiger partial charge in [-0.2, -0.15) is 0 Å². The third kappa shape index (κ3) is 3.60. The maximum Gasteiger partial charge on any atom is 0.335 e. The number of carbonyl (C=O) groups is 2. The predicted octanol–water partition coefficient (Wildman–Crippen LogP) is 2.71. The number of carboxylic acid groups (broad SMARTS) is 1. The van der Waals surface area contributed by atoms with E-state index in [4.69, 9.17) is 5.11 Å². The Bertz CT molecular complexity index is 1280. The molecule has 0 spiro atoms. The first kappa shape index (κ1) is 20.2. The molecule has 10 heteroatoms. The van der Waals surface area contributed by atoms with Crippen LogP contribution in [0.5, 0.6) is 5.75 Å². The van der Waals surface area contributed by atoms with Gasteiger partial charge in [-0.1, -0.05) is 36.4 Å². The predicted molar refractivity (Wildman–Crippen MR) is 111 cm³/mol. The zero-order valence-electron chi connectivity index (χ0n) is 15.3. The van der Waals surface area contributed by atoms with Gasteiger partial charge in [-0.25, -0.2) is 18.2 Å². The number of benzene rings is 3. The number of carbonyl (C=O) groups excluding carboxylic acids is 1. The number of amides is 1. The summed E-state index contributed by atoms with van der Waals surface area (Å²) in [5, 5.41) is 21.3. The second-order valence-corrected chi connectivity index (χ2v) is 9.30. The van der Waals surface area contributed by atoms with E-state index in [-0.39, 0.29) is 22.0 Å². The largest absolute Gasteiger partial charge is 0.508 e. The third-order valence-electron chi connectivity index (χ3n) is 4.67. The smallest absolute Gasteiger partial charge is 0.335 e. The number of nitrogens with one attached hydrogen (secondary N) is 1. The van der Waals surface area contributed by atoms with Gasteiger partial charge in [0.25, 0.3) is 10.0 Å². The average molecular weight is 444 g/mol. The average Bonchev–Trinajstić information content (AvgIpc) is 3.07. The SMILES string of the molecule is O=C(O)c1cccc(S(=O)(=O)NN2C(=O)CS[C@H]2c2c(O)ccc3ccccc23)c1. The summed E-state index contributed by atoms with van der Waals surface area (Å²) in [7, 11) is -4.24. The minimum Gasteiger partial charge on any atom is -0.508 e. The second kappa shape index (κ2) is 7.63. The van der Waals surface area contributed by atoms with Crippen molar-refractivity contribution in [3.63, 3.8) is 0 Å². The molecule has 154 valence electrons. The molecule has 3 N–H and O–H groups in total. The van der Waals surface area contributed by atoms with E-state index >= 15 is 0 Å². The normalized spacial score (nSPS) is 16.9. The number of hydrogen-bond donors (Lipinski definition) is 3. The van der Waals surface area contributed by atoms with Crippen LogP contribution in [0.2, 0.25) is 0 Å². The Balaban J connectivity index is 1.74. The Morgan fingerprint density at radius 1 is 1.10 bits per heavy atom. The van der Waals surface area contributed by atoms with Crippen LogP contribution in [-0.2, 0) is 14.8 Å². The van der Waals surface area contributed by atoms with E-state index in [2.05, 4.69) is 4.83 Å². The van der Waals surface area contributed by atoms with E-state index in [9.17, 15) is 23.1 Å². The van der Waals surface area contributed by atoms with E-state index in [1.807, 2.05) is 12.1 Å². The Morgan fingerprint density at radius 3 is 2.63 bits per heavy atom. The summed E-state index contributed by atoms with van der Waals surface area (Å²) in [4.78, 5) is 25.6. The molecule has 0 saturated carbocycles. The second-order valence-electron chi connectivity index (χ2n) is 6.57. The molecule has 0 aliphatic carbocycles. The van der Waals surface area contributed by atoms with Crippen molar-refractivity contribution >= 4 is 44.4 Å². The lowest BCUT2D eigenvalue weighted by Gasteiger charge is -2.26. The summed E-state index contributed by atoms with van der Waals surface area (Å²) < 4.78 is 25.7. The molecule has 0 radical (unpaired) electrons. The summed E-state index contributed by atoms with van der Waals surface area (Å²) >= 11 is 1.18. The Hall–Kier alpha value is -3.08. The first-order chi connectivity index (χ1) is 14.3. The summed E-state index contributed by atoms with van der Waals surface area (Å²) in [6.07, 6.45) is 0.